The number of aryl methyl sites for hydroxylation is 3. The highest BCUT2D eigenvalue weighted by atomic mass is 32.1. The Bertz CT molecular complexity index is 772. The van der Waals surface area contributed by atoms with Crippen LogP contribution in [0.15, 0.2) is 4.52 Å². The smallest absolute Gasteiger partial charge is 0.251 e. The van der Waals surface area contributed by atoms with Crippen LogP contribution in [0.3, 0.4) is 0 Å². The number of nitrogens with zero attached hydrogens (tertiary/aromatic N) is 1. The van der Waals surface area contributed by atoms with Crippen LogP contribution in [0.2, 0.25) is 0 Å². The summed E-state index contributed by atoms with van der Waals surface area (Å²) < 4.78 is 5.11. The van der Waals surface area contributed by atoms with Crippen LogP contribution >= 0.6 is 11.3 Å². The van der Waals surface area contributed by atoms with Gasteiger partial charge in [0.1, 0.15) is 10.8 Å². The third-order valence-corrected chi connectivity index (χ3v) is 5.66. The number of fused-ring (bicyclic) bond motifs is 1. The summed E-state index contributed by atoms with van der Waals surface area (Å²) in [5.74, 6) is 0.149. The monoisotopic (exact) mass is 347 g/mol. The van der Waals surface area contributed by atoms with E-state index in [1.54, 1.807) is 0 Å². The zero-order chi connectivity index (χ0) is 17.3. The normalized spacial score (nSPS) is 13.6. The molecule has 0 aromatic carbocycles. The molecule has 1 aliphatic carbocycles. The van der Waals surface area contributed by atoms with E-state index in [0.29, 0.717) is 23.4 Å². The number of anilines is 1. The molecule has 0 saturated carbocycles. The van der Waals surface area contributed by atoms with Crippen molar-refractivity contribution in [1.82, 2.24) is 5.16 Å². The molecule has 6 nitrogen and oxygen atoms in total. The number of nitrogens with two attached hydrogens (primary N) is 1. The van der Waals surface area contributed by atoms with Crippen LogP contribution in [0.4, 0.5) is 5.00 Å². The van der Waals surface area contributed by atoms with Gasteiger partial charge in [0.25, 0.3) is 5.91 Å². The van der Waals surface area contributed by atoms with Crippen molar-refractivity contribution in [2.75, 3.05) is 5.32 Å². The molecule has 0 bridgehead atoms. The number of primary amides is 1. The van der Waals surface area contributed by atoms with Gasteiger partial charge in [-0.3, -0.25) is 9.59 Å². The van der Waals surface area contributed by atoms with Crippen molar-refractivity contribution >= 4 is 28.2 Å². The lowest BCUT2D eigenvalue weighted by Crippen LogP contribution is -2.18. The molecule has 1 aliphatic rings. The SMILES string of the molecule is Cc1noc(C)c1CCC(=O)Nc1sc2c(c1C(N)=O)CCCC2. The lowest BCUT2D eigenvalue weighted by Gasteiger charge is -2.11. The number of aromatic nitrogens is 1. The van der Waals surface area contributed by atoms with Gasteiger partial charge in [0.15, 0.2) is 0 Å². The third kappa shape index (κ3) is 3.21. The molecule has 0 atom stereocenters. The molecular weight excluding hydrogens is 326 g/mol. The number of carbonyl (C=O) groups excluding carboxylic acids is 2. The van der Waals surface area contributed by atoms with Gasteiger partial charge < -0.3 is 15.6 Å². The van der Waals surface area contributed by atoms with E-state index in [4.69, 9.17) is 10.3 Å². The summed E-state index contributed by atoms with van der Waals surface area (Å²) in [5, 5.41) is 7.37. The highest BCUT2D eigenvalue weighted by Gasteiger charge is 2.25. The predicted molar refractivity (Wildman–Crippen MR) is 92.4 cm³/mol. The summed E-state index contributed by atoms with van der Waals surface area (Å²) in [5.41, 5.74) is 8.85. The molecule has 0 saturated heterocycles. The Labute approximate surface area is 144 Å². The summed E-state index contributed by atoms with van der Waals surface area (Å²) in [6.45, 7) is 3.70. The van der Waals surface area contributed by atoms with Gasteiger partial charge in [-0.1, -0.05) is 5.16 Å². The van der Waals surface area contributed by atoms with Gasteiger partial charge in [-0.15, -0.1) is 11.3 Å². The molecule has 128 valence electrons. The first kappa shape index (κ1) is 16.7. The first-order valence-corrected chi connectivity index (χ1v) is 8.95. The number of rotatable bonds is 5. The van der Waals surface area contributed by atoms with Crippen LogP contribution in [0.5, 0.6) is 0 Å². The molecule has 0 fully saturated rings. The van der Waals surface area contributed by atoms with Gasteiger partial charge in [-0.05, 0) is 51.5 Å². The van der Waals surface area contributed by atoms with Gasteiger partial charge in [0.2, 0.25) is 5.91 Å². The maximum absolute atomic E-state index is 12.3. The minimum absolute atomic E-state index is 0.129. The second-order valence-electron chi connectivity index (χ2n) is 6.13. The van der Waals surface area contributed by atoms with Crippen LogP contribution in [0, 0.1) is 13.8 Å². The second-order valence-corrected chi connectivity index (χ2v) is 7.24. The summed E-state index contributed by atoms with van der Waals surface area (Å²) in [6, 6.07) is 0. The van der Waals surface area contributed by atoms with E-state index in [2.05, 4.69) is 10.5 Å². The average Bonchev–Trinajstić information content (AvgIpc) is 3.05. The minimum atomic E-state index is -0.463. The van der Waals surface area contributed by atoms with Crippen molar-refractivity contribution in [2.45, 2.75) is 52.4 Å². The van der Waals surface area contributed by atoms with E-state index in [-0.39, 0.29) is 5.91 Å². The van der Waals surface area contributed by atoms with Crippen LogP contribution in [0.25, 0.3) is 0 Å². The number of thiophene rings is 1. The van der Waals surface area contributed by atoms with Crippen LogP contribution < -0.4 is 11.1 Å². The molecule has 0 radical (unpaired) electrons. The Morgan fingerprint density at radius 3 is 2.71 bits per heavy atom. The maximum Gasteiger partial charge on any atom is 0.251 e. The van der Waals surface area contributed by atoms with Crippen molar-refractivity contribution in [1.29, 1.82) is 0 Å². The summed E-state index contributed by atoms with van der Waals surface area (Å²) in [4.78, 5) is 25.3. The Morgan fingerprint density at radius 2 is 2.04 bits per heavy atom. The molecule has 24 heavy (non-hydrogen) atoms. The highest BCUT2D eigenvalue weighted by Crippen LogP contribution is 2.37. The van der Waals surface area contributed by atoms with Gasteiger partial charge >= 0.3 is 0 Å². The summed E-state index contributed by atoms with van der Waals surface area (Å²) in [6.07, 6.45) is 4.86. The zero-order valence-electron chi connectivity index (χ0n) is 13.9. The van der Waals surface area contributed by atoms with Gasteiger partial charge in [-0.25, -0.2) is 0 Å². The molecule has 7 heteroatoms. The Hall–Kier alpha value is -2.15. The van der Waals surface area contributed by atoms with E-state index in [1.807, 2.05) is 13.8 Å². The van der Waals surface area contributed by atoms with E-state index >= 15 is 0 Å². The fraction of sp³-hybridized carbons (Fsp3) is 0.471. The van der Waals surface area contributed by atoms with Crippen LogP contribution in [0.1, 0.15) is 57.1 Å². The molecule has 2 amide bonds. The fourth-order valence-corrected chi connectivity index (χ4v) is 4.51. The second kappa shape index (κ2) is 6.76. The van der Waals surface area contributed by atoms with Gasteiger partial charge in [0.05, 0.1) is 11.3 Å². The zero-order valence-corrected chi connectivity index (χ0v) is 14.7. The van der Waals surface area contributed by atoms with E-state index < -0.39 is 5.91 Å². The highest BCUT2D eigenvalue weighted by molar-refractivity contribution is 7.17. The van der Waals surface area contributed by atoms with Crippen molar-refractivity contribution in [3.8, 4) is 0 Å². The molecule has 0 spiro atoms. The lowest BCUT2D eigenvalue weighted by atomic mass is 9.95. The molecule has 3 rings (SSSR count). The molecule has 0 aliphatic heterocycles. The predicted octanol–water partition coefficient (Wildman–Crippen LogP) is 2.90. The first-order chi connectivity index (χ1) is 11.5. The number of amides is 2. The molecule has 2 aromatic rings. The Morgan fingerprint density at radius 1 is 1.29 bits per heavy atom. The molecule has 3 N–H and O–H groups in total. The molecule has 2 heterocycles. The minimum Gasteiger partial charge on any atom is -0.365 e. The lowest BCUT2D eigenvalue weighted by molar-refractivity contribution is -0.116. The first-order valence-electron chi connectivity index (χ1n) is 8.13. The van der Waals surface area contributed by atoms with Crippen LogP contribution in [-0.2, 0) is 24.1 Å². The topological polar surface area (TPSA) is 98.2 Å². The van der Waals surface area contributed by atoms with Crippen molar-refractivity contribution in [2.24, 2.45) is 5.73 Å². The van der Waals surface area contributed by atoms with Crippen LogP contribution in [-0.4, -0.2) is 17.0 Å². The van der Waals surface area contributed by atoms with Crippen molar-refractivity contribution in [3.05, 3.63) is 33.0 Å². The number of carbonyl (C=O) groups is 2. The molecular formula is C17H21N3O3S. The van der Waals surface area contributed by atoms with Gasteiger partial charge in [-0.2, -0.15) is 0 Å². The largest absolute Gasteiger partial charge is 0.365 e. The van der Waals surface area contributed by atoms with Crippen molar-refractivity contribution in [3.63, 3.8) is 0 Å². The van der Waals surface area contributed by atoms with Gasteiger partial charge in [0, 0.05) is 16.9 Å². The van der Waals surface area contributed by atoms with E-state index in [9.17, 15) is 9.59 Å². The van der Waals surface area contributed by atoms with E-state index in [1.165, 1.54) is 16.2 Å². The number of hydrogen-bond acceptors (Lipinski definition) is 5. The average molecular weight is 347 g/mol. The molecule has 0 unspecified atom stereocenters. The Kier molecular flexibility index (Phi) is 4.71. The number of nitrogens with one attached hydrogen (secondary N) is 1. The fourth-order valence-electron chi connectivity index (χ4n) is 3.20. The quantitative estimate of drug-likeness (QED) is 0.869. The summed E-state index contributed by atoms with van der Waals surface area (Å²) in [7, 11) is 0. The summed E-state index contributed by atoms with van der Waals surface area (Å²) >= 11 is 1.48. The maximum atomic E-state index is 12.3. The Balaban J connectivity index is 1.72. The standard InChI is InChI=1S/C17H21N3O3S/c1-9-11(10(2)23-20-9)7-8-14(21)19-17-15(16(18)22)12-5-3-4-6-13(12)24-17/h3-8H2,1-2H3,(H2,18,22)(H,19,21). The third-order valence-electron chi connectivity index (χ3n) is 4.45. The van der Waals surface area contributed by atoms with E-state index in [0.717, 1.165) is 48.3 Å². The molecule has 2 aromatic heterocycles. The van der Waals surface area contributed by atoms with Crippen molar-refractivity contribution < 1.29 is 14.1 Å². The number of hydrogen-bond donors (Lipinski definition) is 2.